The summed E-state index contributed by atoms with van der Waals surface area (Å²) in [6.45, 7) is 4.27. The third kappa shape index (κ3) is 3.14. The summed E-state index contributed by atoms with van der Waals surface area (Å²) in [5, 5.41) is 0. The lowest BCUT2D eigenvalue weighted by molar-refractivity contribution is 0.0638. The van der Waals surface area contributed by atoms with Gasteiger partial charge in [-0.15, -0.1) is 0 Å². The largest absolute Gasteiger partial charge is 0.333 e. The van der Waals surface area contributed by atoms with Gasteiger partial charge in [0.15, 0.2) is 0 Å². The molecule has 1 aliphatic carbocycles. The molecular weight excluding hydrogens is 340 g/mol. The van der Waals surface area contributed by atoms with Crippen LogP contribution in [0.1, 0.15) is 63.3 Å². The Balaban J connectivity index is 1.50. The summed E-state index contributed by atoms with van der Waals surface area (Å²) in [6, 6.07) is 14.6. The van der Waals surface area contributed by atoms with Gasteiger partial charge in [0.05, 0.1) is 17.7 Å². The van der Waals surface area contributed by atoms with Crippen molar-refractivity contribution in [2.75, 3.05) is 0 Å². The van der Waals surface area contributed by atoms with Gasteiger partial charge >= 0.3 is 0 Å². The summed E-state index contributed by atoms with van der Waals surface area (Å²) in [6.07, 6.45) is 2.14. The second kappa shape index (κ2) is 6.65. The minimum absolute atomic E-state index is 0.0415. The van der Waals surface area contributed by atoms with Crippen LogP contribution in [0.15, 0.2) is 48.5 Å². The Kier molecular flexibility index (Phi) is 4.30. The molecule has 0 N–H and O–H groups in total. The van der Waals surface area contributed by atoms with Crippen molar-refractivity contribution < 1.29 is 14.4 Å². The van der Waals surface area contributed by atoms with Crippen LogP contribution in [0.4, 0.5) is 0 Å². The number of carbonyl (C=O) groups is 3. The van der Waals surface area contributed by atoms with Crippen LogP contribution in [0.25, 0.3) is 0 Å². The number of benzene rings is 2. The Morgan fingerprint density at radius 2 is 1.56 bits per heavy atom. The summed E-state index contributed by atoms with van der Waals surface area (Å²) in [4.78, 5) is 40.9. The van der Waals surface area contributed by atoms with Gasteiger partial charge in [-0.3, -0.25) is 19.3 Å². The van der Waals surface area contributed by atoms with Crippen molar-refractivity contribution in [3.8, 4) is 0 Å². The lowest BCUT2D eigenvalue weighted by atomic mass is 10.1. The molecule has 0 radical (unpaired) electrons. The molecule has 0 unspecified atom stereocenters. The van der Waals surface area contributed by atoms with Crippen molar-refractivity contribution in [3.05, 3.63) is 70.8 Å². The third-order valence-corrected chi connectivity index (χ3v) is 5.15. The van der Waals surface area contributed by atoms with E-state index in [1.807, 2.05) is 30.9 Å². The van der Waals surface area contributed by atoms with E-state index >= 15 is 0 Å². The van der Waals surface area contributed by atoms with E-state index in [0.717, 1.165) is 18.4 Å². The topological polar surface area (TPSA) is 57.7 Å². The van der Waals surface area contributed by atoms with Crippen LogP contribution >= 0.6 is 0 Å². The number of carbonyl (C=O) groups excluding carboxylic acids is 3. The summed E-state index contributed by atoms with van der Waals surface area (Å²) in [5.41, 5.74) is 2.36. The minimum Gasteiger partial charge on any atom is -0.333 e. The molecule has 3 amide bonds. The molecule has 138 valence electrons. The SMILES string of the molecule is CC(C)N(C(=O)c1ccc(CN2C(=O)c3ccccc3C2=O)cc1)C1CC1. The molecule has 1 fully saturated rings. The first kappa shape index (κ1) is 17.5. The van der Waals surface area contributed by atoms with E-state index in [4.69, 9.17) is 0 Å². The van der Waals surface area contributed by atoms with Crippen molar-refractivity contribution >= 4 is 17.7 Å². The Morgan fingerprint density at radius 1 is 1.00 bits per heavy atom. The van der Waals surface area contributed by atoms with Crippen molar-refractivity contribution in [2.24, 2.45) is 0 Å². The Labute approximate surface area is 158 Å². The van der Waals surface area contributed by atoms with Crippen LogP contribution < -0.4 is 0 Å². The van der Waals surface area contributed by atoms with Gasteiger partial charge in [-0.25, -0.2) is 0 Å². The Bertz CT molecular complexity index is 876. The molecule has 4 rings (SSSR count). The maximum absolute atomic E-state index is 12.8. The van der Waals surface area contributed by atoms with Crippen LogP contribution in [-0.2, 0) is 6.54 Å². The Hall–Kier alpha value is -2.95. The van der Waals surface area contributed by atoms with Crippen LogP contribution in [0.5, 0.6) is 0 Å². The molecule has 2 aliphatic rings. The van der Waals surface area contributed by atoms with Gasteiger partial charge in [0, 0.05) is 17.6 Å². The van der Waals surface area contributed by atoms with E-state index in [1.54, 1.807) is 36.4 Å². The highest BCUT2D eigenvalue weighted by Gasteiger charge is 2.36. The van der Waals surface area contributed by atoms with Gasteiger partial charge in [0.25, 0.3) is 17.7 Å². The average Bonchev–Trinajstić information content (AvgIpc) is 3.46. The number of fused-ring (bicyclic) bond motifs is 1. The quantitative estimate of drug-likeness (QED) is 0.765. The molecule has 0 saturated heterocycles. The van der Waals surface area contributed by atoms with Gasteiger partial charge < -0.3 is 4.90 Å². The van der Waals surface area contributed by atoms with E-state index in [-0.39, 0.29) is 30.3 Å². The van der Waals surface area contributed by atoms with Crippen LogP contribution in [0, 0.1) is 0 Å². The highest BCUT2D eigenvalue weighted by atomic mass is 16.2. The first-order chi connectivity index (χ1) is 13.0. The second-order valence-electron chi connectivity index (χ2n) is 7.48. The van der Waals surface area contributed by atoms with Crippen molar-refractivity contribution in [1.82, 2.24) is 9.80 Å². The molecule has 1 saturated carbocycles. The molecule has 0 bridgehead atoms. The maximum atomic E-state index is 12.8. The standard InChI is InChI=1S/C22H22N2O3/c1-14(2)24(17-11-12-17)20(25)16-9-7-15(8-10-16)13-23-21(26)18-5-3-4-6-19(18)22(23)27/h3-10,14,17H,11-13H2,1-2H3. The normalized spacial score (nSPS) is 16.0. The van der Waals surface area contributed by atoms with Crippen molar-refractivity contribution in [1.29, 1.82) is 0 Å². The summed E-state index contributed by atoms with van der Waals surface area (Å²) in [7, 11) is 0. The lowest BCUT2D eigenvalue weighted by Gasteiger charge is -2.27. The number of imide groups is 1. The zero-order valence-electron chi connectivity index (χ0n) is 15.5. The van der Waals surface area contributed by atoms with Crippen molar-refractivity contribution in [3.63, 3.8) is 0 Å². The molecule has 2 aromatic rings. The highest BCUT2D eigenvalue weighted by Crippen LogP contribution is 2.30. The van der Waals surface area contributed by atoms with E-state index in [1.165, 1.54) is 4.90 Å². The van der Waals surface area contributed by atoms with Gasteiger partial charge in [-0.2, -0.15) is 0 Å². The first-order valence-corrected chi connectivity index (χ1v) is 9.34. The number of amides is 3. The molecular formula is C22H22N2O3. The fourth-order valence-electron chi connectivity index (χ4n) is 3.64. The van der Waals surface area contributed by atoms with E-state index in [0.29, 0.717) is 22.7 Å². The smallest absolute Gasteiger partial charge is 0.261 e. The molecule has 5 nitrogen and oxygen atoms in total. The third-order valence-electron chi connectivity index (χ3n) is 5.15. The zero-order valence-corrected chi connectivity index (χ0v) is 15.5. The molecule has 1 heterocycles. The maximum Gasteiger partial charge on any atom is 0.261 e. The number of rotatable bonds is 5. The fraction of sp³-hybridized carbons (Fsp3) is 0.318. The average molecular weight is 362 g/mol. The first-order valence-electron chi connectivity index (χ1n) is 9.34. The number of hydrogen-bond donors (Lipinski definition) is 0. The molecule has 1 aliphatic heterocycles. The lowest BCUT2D eigenvalue weighted by Crippen LogP contribution is -2.38. The van der Waals surface area contributed by atoms with E-state index < -0.39 is 0 Å². The summed E-state index contributed by atoms with van der Waals surface area (Å²) < 4.78 is 0. The predicted molar refractivity (Wildman–Crippen MR) is 101 cm³/mol. The van der Waals surface area contributed by atoms with Crippen LogP contribution in [-0.4, -0.2) is 39.6 Å². The van der Waals surface area contributed by atoms with Gasteiger partial charge in [-0.05, 0) is 56.5 Å². The van der Waals surface area contributed by atoms with E-state index in [2.05, 4.69) is 0 Å². The molecule has 0 aromatic heterocycles. The summed E-state index contributed by atoms with van der Waals surface area (Å²) in [5.74, 6) is -0.495. The highest BCUT2D eigenvalue weighted by molar-refractivity contribution is 6.21. The number of nitrogens with zero attached hydrogens (tertiary/aromatic N) is 2. The monoisotopic (exact) mass is 362 g/mol. The second-order valence-corrected chi connectivity index (χ2v) is 7.48. The van der Waals surface area contributed by atoms with Gasteiger partial charge in [0.1, 0.15) is 0 Å². The Morgan fingerprint density at radius 3 is 2.04 bits per heavy atom. The number of hydrogen-bond acceptors (Lipinski definition) is 3. The molecule has 5 heteroatoms. The molecule has 0 spiro atoms. The predicted octanol–water partition coefficient (Wildman–Crippen LogP) is 3.50. The van der Waals surface area contributed by atoms with Crippen molar-refractivity contribution in [2.45, 2.75) is 45.3 Å². The minimum atomic E-state index is -0.268. The fourth-order valence-corrected chi connectivity index (χ4v) is 3.64. The molecule has 2 aromatic carbocycles. The molecule has 27 heavy (non-hydrogen) atoms. The van der Waals surface area contributed by atoms with Gasteiger partial charge in [0.2, 0.25) is 0 Å². The van der Waals surface area contributed by atoms with Crippen LogP contribution in [0.2, 0.25) is 0 Å². The zero-order chi connectivity index (χ0) is 19.1. The molecule has 0 atom stereocenters. The summed E-state index contributed by atoms with van der Waals surface area (Å²) >= 11 is 0. The van der Waals surface area contributed by atoms with Crippen LogP contribution in [0.3, 0.4) is 0 Å². The van der Waals surface area contributed by atoms with E-state index in [9.17, 15) is 14.4 Å². The van der Waals surface area contributed by atoms with Gasteiger partial charge in [-0.1, -0.05) is 24.3 Å².